The molecule has 0 radical (unpaired) electrons. The van der Waals surface area contributed by atoms with Crippen LogP contribution in [0, 0.1) is 18.3 Å². The highest BCUT2D eigenvalue weighted by atomic mass is 16.5. The summed E-state index contributed by atoms with van der Waals surface area (Å²) in [5.41, 5.74) is 0. The molecule has 0 fully saturated rings. The molecule has 56 valence electrons. The Bertz CT molecular complexity index is 144. The number of esters is 1. The lowest BCUT2D eigenvalue weighted by atomic mass is 10.1. The summed E-state index contributed by atoms with van der Waals surface area (Å²) in [6.45, 7) is 1.98. The van der Waals surface area contributed by atoms with Gasteiger partial charge in [0, 0.05) is 0 Å². The van der Waals surface area contributed by atoms with E-state index >= 15 is 0 Å². The Hall–Kier alpha value is -0.970. The summed E-state index contributed by atoms with van der Waals surface area (Å²) in [7, 11) is 1.35. The van der Waals surface area contributed by atoms with Crippen LogP contribution < -0.4 is 0 Å². The van der Waals surface area contributed by atoms with Crippen LogP contribution in [-0.4, -0.2) is 13.1 Å². The Morgan fingerprint density at radius 1 is 1.80 bits per heavy atom. The van der Waals surface area contributed by atoms with E-state index in [1.165, 1.54) is 7.11 Å². The smallest absolute Gasteiger partial charge is 0.320 e. The fourth-order valence-electron chi connectivity index (χ4n) is 0.700. The first kappa shape index (κ1) is 9.03. The Kier molecular flexibility index (Phi) is 4.39. The zero-order valence-electron chi connectivity index (χ0n) is 6.39. The number of carbonyl (C=O) groups is 1. The van der Waals surface area contributed by atoms with Gasteiger partial charge in [-0.15, -0.1) is 6.42 Å². The Labute approximate surface area is 61.6 Å². The third-order valence-electron chi connectivity index (χ3n) is 1.26. The number of hydrogen-bond donors (Lipinski definition) is 0. The minimum absolute atomic E-state index is 0.302. The zero-order valence-corrected chi connectivity index (χ0v) is 6.39. The fourth-order valence-corrected chi connectivity index (χ4v) is 0.700. The van der Waals surface area contributed by atoms with Crippen molar-refractivity contribution < 1.29 is 9.53 Å². The normalized spacial score (nSPS) is 11.7. The lowest BCUT2D eigenvalue weighted by molar-refractivity contribution is -0.143. The third-order valence-corrected chi connectivity index (χ3v) is 1.26. The van der Waals surface area contributed by atoms with E-state index in [0.29, 0.717) is 6.42 Å². The highest BCUT2D eigenvalue weighted by Gasteiger charge is 2.13. The van der Waals surface area contributed by atoms with Gasteiger partial charge < -0.3 is 4.74 Å². The van der Waals surface area contributed by atoms with Gasteiger partial charge in [0.1, 0.15) is 5.92 Å². The van der Waals surface area contributed by atoms with Gasteiger partial charge in [-0.2, -0.15) is 0 Å². The highest BCUT2D eigenvalue weighted by Crippen LogP contribution is 2.05. The maximum Gasteiger partial charge on any atom is 0.320 e. The van der Waals surface area contributed by atoms with Crippen LogP contribution in [0.3, 0.4) is 0 Å². The van der Waals surface area contributed by atoms with Crippen molar-refractivity contribution in [2.24, 2.45) is 5.92 Å². The minimum atomic E-state index is -0.352. The monoisotopic (exact) mass is 140 g/mol. The summed E-state index contributed by atoms with van der Waals surface area (Å²) < 4.78 is 4.47. The van der Waals surface area contributed by atoms with E-state index in [-0.39, 0.29) is 11.9 Å². The maximum atomic E-state index is 10.8. The molecule has 0 saturated carbocycles. The van der Waals surface area contributed by atoms with Crippen LogP contribution in [0.25, 0.3) is 0 Å². The summed E-state index contributed by atoms with van der Waals surface area (Å²) in [6, 6.07) is 0. The number of methoxy groups -OCH3 is 1. The standard InChI is InChI=1S/C8H12O2/c1-4-6-7(5-2)8(9)10-3/h2,7H,4,6H2,1,3H3. The van der Waals surface area contributed by atoms with Crippen LogP contribution >= 0.6 is 0 Å². The van der Waals surface area contributed by atoms with Crippen LogP contribution in [-0.2, 0) is 9.53 Å². The molecule has 0 amide bonds. The van der Waals surface area contributed by atoms with E-state index in [1.807, 2.05) is 6.92 Å². The molecule has 0 N–H and O–H groups in total. The van der Waals surface area contributed by atoms with Gasteiger partial charge in [0.15, 0.2) is 0 Å². The summed E-state index contributed by atoms with van der Waals surface area (Å²) in [5, 5.41) is 0. The van der Waals surface area contributed by atoms with Crippen molar-refractivity contribution in [3.05, 3.63) is 0 Å². The van der Waals surface area contributed by atoms with Crippen molar-refractivity contribution in [1.29, 1.82) is 0 Å². The van der Waals surface area contributed by atoms with Crippen molar-refractivity contribution in [2.45, 2.75) is 19.8 Å². The first-order valence-electron chi connectivity index (χ1n) is 3.30. The first-order chi connectivity index (χ1) is 4.76. The molecule has 0 heterocycles. The van der Waals surface area contributed by atoms with Gasteiger partial charge in [0.05, 0.1) is 7.11 Å². The molecule has 0 aromatic rings. The molecule has 0 aliphatic rings. The molecule has 0 spiro atoms. The van der Waals surface area contributed by atoms with E-state index in [2.05, 4.69) is 10.7 Å². The Morgan fingerprint density at radius 2 is 2.40 bits per heavy atom. The topological polar surface area (TPSA) is 26.3 Å². The molecular formula is C8H12O2. The number of carbonyl (C=O) groups excluding carboxylic acids is 1. The van der Waals surface area contributed by atoms with Gasteiger partial charge in [-0.05, 0) is 6.42 Å². The molecule has 0 aromatic heterocycles. The molecule has 1 atom stereocenters. The average molecular weight is 140 g/mol. The molecule has 0 aliphatic heterocycles. The van der Waals surface area contributed by atoms with E-state index < -0.39 is 0 Å². The molecular weight excluding hydrogens is 128 g/mol. The molecule has 0 saturated heterocycles. The van der Waals surface area contributed by atoms with Crippen LogP contribution in [0.1, 0.15) is 19.8 Å². The number of terminal acetylenes is 1. The predicted molar refractivity (Wildman–Crippen MR) is 39.2 cm³/mol. The van der Waals surface area contributed by atoms with E-state index in [0.717, 1.165) is 6.42 Å². The lowest BCUT2D eigenvalue weighted by Crippen LogP contribution is -2.13. The van der Waals surface area contributed by atoms with Gasteiger partial charge in [0.2, 0.25) is 0 Å². The fraction of sp³-hybridized carbons (Fsp3) is 0.625. The molecule has 2 nitrogen and oxygen atoms in total. The molecule has 0 aromatic carbocycles. The van der Waals surface area contributed by atoms with Crippen molar-refractivity contribution >= 4 is 5.97 Å². The number of hydrogen-bond acceptors (Lipinski definition) is 2. The summed E-state index contributed by atoms with van der Waals surface area (Å²) >= 11 is 0. The maximum absolute atomic E-state index is 10.8. The summed E-state index contributed by atoms with van der Waals surface area (Å²) in [6.07, 6.45) is 6.70. The molecule has 2 heteroatoms. The van der Waals surface area contributed by atoms with Gasteiger partial charge >= 0.3 is 5.97 Å². The largest absolute Gasteiger partial charge is 0.468 e. The third kappa shape index (κ3) is 2.54. The van der Waals surface area contributed by atoms with Gasteiger partial charge in [-0.1, -0.05) is 19.3 Å². The highest BCUT2D eigenvalue weighted by molar-refractivity contribution is 5.75. The van der Waals surface area contributed by atoms with Crippen molar-refractivity contribution in [3.8, 4) is 12.3 Å². The first-order valence-corrected chi connectivity index (χ1v) is 3.30. The molecule has 1 unspecified atom stereocenters. The Morgan fingerprint density at radius 3 is 2.70 bits per heavy atom. The summed E-state index contributed by atoms with van der Waals surface area (Å²) in [5.74, 6) is 1.73. The van der Waals surface area contributed by atoms with E-state index in [9.17, 15) is 4.79 Å². The SMILES string of the molecule is C#CC(CCC)C(=O)OC. The molecule has 0 rings (SSSR count). The van der Waals surface area contributed by atoms with Crippen LogP contribution in [0.4, 0.5) is 0 Å². The quantitative estimate of drug-likeness (QED) is 0.435. The van der Waals surface area contributed by atoms with Crippen LogP contribution in [0.5, 0.6) is 0 Å². The van der Waals surface area contributed by atoms with Crippen LogP contribution in [0.2, 0.25) is 0 Å². The van der Waals surface area contributed by atoms with Gasteiger partial charge in [-0.3, -0.25) is 4.79 Å². The second-order valence-corrected chi connectivity index (χ2v) is 2.03. The predicted octanol–water partition coefficient (Wildman–Crippen LogP) is 1.21. The second kappa shape index (κ2) is 4.87. The van der Waals surface area contributed by atoms with Crippen LogP contribution in [0.15, 0.2) is 0 Å². The van der Waals surface area contributed by atoms with Crippen molar-refractivity contribution in [3.63, 3.8) is 0 Å². The zero-order chi connectivity index (χ0) is 7.98. The second-order valence-electron chi connectivity index (χ2n) is 2.03. The Balaban J connectivity index is 3.84. The molecule has 0 aliphatic carbocycles. The average Bonchev–Trinajstić information content (AvgIpc) is 1.99. The van der Waals surface area contributed by atoms with E-state index in [1.54, 1.807) is 0 Å². The number of rotatable bonds is 3. The van der Waals surface area contributed by atoms with Crippen molar-refractivity contribution in [1.82, 2.24) is 0 Å². The van der Waals surface area contributed by atoms with Crippen molar-refractivity contribution in [2.75, 3.05) is 7.11 Å². The van der Waals surface area contributed by atoms with E-state index in [4.69, 9.17) is 6.42 Å². The molecule has 10 heavy (non-hydrogen) atoms. The molecule has 0 bridgehead atoms. The van der Waals surface area contributed by atoms with Gasteiger partial charge in [0.25, 0.3) is 0 Å². The lowest BCUT2D eigenvalue weighted by Gasteiger charge is -2.04. The summed E-state index contributed by atoms with van der Waals surface area (Å²) in [4.78, 5) is 10.8. The minimum Gasteiger partial charge on any atom is -0.468 e. The van der Waals surface area contributed by atoms with Gasteiger partial charge in [-0.25, -0.2) is 0 Å². The number of ether oxygens (including phenoxy) is 1.